The molecule has 1 fully saturated rings. The van der Waals surface area contributed by atoms with Crippen molar-refractivity contribution in [1.82, 2.24) is 15.5 Å². The number of benzene rings is 2. The minimum Gasteiger partial charge on any atom is -0.493 e. The number of nitrogens with zero attached hydrogens (tertiary/aromatic N) is 1. The lowest BCUT2D eigenvalue weighted by atomic mass is 10.0. The van der Waals surface area contributed by atoms with E-state index in [9.17, 15) is 4.79 Å². The first-order valence-electron chi connectivity index (χ1n) is 10.3. The van der Waals surface area contributed by atoms with Gasteiger partial charge in [0.05, 0.1) is 33.5 Å². The van der Waals surface area contributed by atoms with Gasteiger partial charge in [0, 0.05) is 26.2 Å². The van der Waals surface area contributed by atoms with Crippen LogP contribution in [0.1, 0.15) is 17.2 Å². The molecule has 0 aliphatic carbocycles. The molecule has 1 atom stereocenters. The van der Waals surface area contributed by atoms with E-state index < -0.39 is 0 Å². The number of carbonyl (C=O) groups is 1. The molecule has 1 aliphatic rings. The van der Waals surface area contributed by atoms with Gasteiger partial charge in [0.25, 0.3) is 0 Å². The van der Waals surface area contributed by atoms with Crippen LogP contribution in [0.25, 0.3) is 0 Å². The SMILES string of the molecule is COc1ccc([C@@H](CNC(=O)NCCc2ccccc2)N2CCOCC2)cc1OC. The number of carbonyl (C=O) groups excluding carboxylic acids is 1. The molecule has 2 amide bonds. The van der Waals surface area contributed by atoms with E-state index in [-0.39, 0.29) is 12.1 Å². The molecule has 0 spiro atoms. The summed E-state index contributed by atoms with van der Waals surface area (Å²) < 4.78 is 16.3. The first-order valence-corrected chi connectivity index (χ1v) is 10.3. The van der Waals surface area contributed by atoms with Crippen molar-refractivity contribution in [3.05, 3.63) is 59.7 Å². The van der Waals surface area contributed by atoms with E-state index in [2.05, 4.69) is 27.7 Å². The number of methoxy groups -OCH3 is 2. The summed E-state index contributed by atoms with van der Waals surface area (Å²) in [6.45, 7) is 4.09. The van der Waals surface area contributed by atoms with E-state index in [0.29, 0.717) is 37.8 Å². The number of rotatable bonds is 9. The normalized spacial score (nSPS) is 15.3. The maximum absolute atomic E-state index is 12.4. The first-order chi connectivity index (χ1) is 14.7. The Labute approximate surface area is 178 Å². The highest BCUT2D eigenvalue weighted by atomic mass is 16.5. The summed E-state index contributed by atoms with van der Waals surface area (Å²) in [6, 6.07) is 15.9. The molecule has 30 heavy (non-hydrogen) atoms. The van der Waals surface area contributed by atoms with E-state index in [1.165, 1.54) is 5.56 Å². The quantitative estimate of drug-likeness (QED) is 0.661. The minimum absolute atomic E-state index is 0.0218. The van der Waals surface area contributed by atoms with Crippen molar-refractivity contribution >= 4 is 6.03 Å². The highest BCUT2D eigenvalue weighted by molar-refractivity contribution is 5.73. The van der Waals surface area contributed by atoms with Crippen LogP contribution in [0.4, 0.5) is 4.79 Å². The molecule has 0 unspecified atom stereocenters. The van der Waals surface area contributed by atoms with Crippen molar-refractivity contribution in [3.8, 4) is 11.5 Å². The number of urea groups is 1. The maximum Gasteiger partial charge on any atom is 0.314 e. The predicted molar refractivity (Wildman–Crippen MR) is 116 cm³/mol. The lowest BCUT2D eigenvalue weighted by Crippen LogP contribution is -2.46. The lowest BCUT2D eigenvalue weighted by molar-refractivity contribution is 0.0166. The van der Waals surface area contributed by atoms with E-state index in [1.807, 2.05) is 36.4 Å². The van der Waals surface area contributed by atoms with Gasteiger partial charge in [0.1, 0.15) is 0 Å². The van der Waals surface area contributed by atoms with Gasteiger partial charge >= 0.3 is 6.03 Å². The van der Waals surface area contributed by atoms with Crippen molar-refractivity contribution in [3.63, 3.8) is 0 Å². The fourth-order valence-corrected chi connectivity index (χ4v) is 3.62. The van der Waals surface area contributed by atoms with Crippen LogP contribution in [0, 0.1) is 0 Å². The summed E-state index contributed by atoms with van der Waals surface area (Å²) >= 11 is 0. The van der Waals surface area contributed by atoms with Gasteiger partial charge in [-0.1, -0.05) is 36.4 Å². The van der Waals surface area contributed by atoms with Gasteiger partial charge in [-0.3, -0.25) is 4.90 Å². The Bertz CT molecular complexity index is 794. The monoisotopic (exact) mass is 413 g/mol. The highest BCUT2D eigenvalue weighted by Gasteiger charge is 2.24. The number of hydrogen-bond donors (Lipinski definition) is 2. The zero-order valence-corrected chi connectivity index (χ0v) is 17.7. The van der Waals surface area contributed by atoms with Gasteiger partial charge in [-0.15, -0.1) is 0 Å². The Kier molecular flexibility index (Phi) is 8.35. The van der Waals surface area contributed by atoms with Crippen molar-refractivity contribution in [2.24, 2.45) is 0 Å². The molecule has 2 aromatic rings. The Hall–Kier alpha value is -2.77. The molecule has 0 bridgehead atoms. The number of hydrogen-bond acceptors (Lipinski definition) is 5. The van der Waals surface area contributed by atoms with Crippen LogP contribution in [0.2, 0.25) is 0 Å². The van der Waals surface area contributed by atoms with Crippen LogP contribution < -0.4 is 20.1 Å². The van der Waals surface area contributed by atoms with Gasteiger partial charge in [-0.2, -0.15) is 0 Å². The number of amides is 2. The van der Waals surface area contributed by atoms with Crippen LogP contribution in [0.15, 0.2) is 48.5 Å². The van der Waals surface area contributed by atoms with Crippen LogP contribution in [-0.2, 0) is 11.2 Å². The number of ether oxygens (including phenoxy) is 3. The van der Waals surface area contributed by atoms with E-state index >= 15 is 0 Å². The fraction of sp³-hybridized carbons (Fsp3) is 0.435. The molecular weight excluding hydrogens is 382 g/mol. The third kappa shape index (κ3) is 6.11. The second kappa shape index (κ2) is 11.4. The average molecular weight is 414 g/mol. The van der Waals surface area contributed by atoms with E-state index in [0.717, 1.165) is 25.1 Å². The Morgan fingerprint density at radius 3 is 2.47 bits per heavy atom. The minimum atomic E-state index is -0.162. The summed E-state index contributed by atoms with van der Waals surface area (Å²) in [7, 11) is 3.25. The van der Waals surface area contributed by atoms with Crippen LogP contribution in [0.5, 0.6) is 11.5 Å². The molecule has 0 radical (unpaired) electrons. The topological polar surface area (TPSA) is 72.1 Å². The number of nitrogens with one attached hydrogen (secondary N) is 2. The lowest BCUT2D eigenvalue weighted by Gasteiger charge is -2.35. The molecule has 2 N–H and O–H groups in total. The second-order valence-electron chi connectivity index (χ2n) is 7.15. The molecule has 1 aliphatic heterocycles. The molecule has 7 heteroatoms. The highest BCUT2D eigenvalue weighted by Crippen LogP contribution is 2.32. The molecular formula is C23H31N3O4. The van der Waals surface area contributed by atoms with E-state index in [1.54, 1.807) is 14.2 Å². The predicted octanol–water partition coefficient (Wildman–Crippen LogP) is 2.62. The summed E-state index contributed by atoms with van der Waals surface area (Å²) in [6.07, 6.45) is 0.802. The van der Waals surface area contributed by atoms with Crippen LogP contribution in [-0.4, -0.2) is 64.5 Å². The summed E-state index contributed by atoms with van der Waals surface area (Å²) in [5.41, 5.74) is 2.27. The fourth-order valence-electron chi connectivity index (χ4n) is 3.62. The molecule has 0 aromatic heterocycles. The van der Waals surface area contributed by atoms with E-state index in [4.69, 9.17) is 14.2 Å². The second-order valence-corrected chi connectivity index (χ2v) is 7.15. The molecule has 2 aromatic carbocycles. The zero-order chi connectivity index (χ0) is 21.2. The largest absolute Gasteiger partial charge is 0.493 e. The molecule has 3 rings (SSSR count). The zero-order valence-electron chi connectivity index (χ0n) is 17.7. The van der Waals surface area contributed by atoms with Crippen molar-refractivity contribution in [2.45, 2.75) is 12.5 Å². The molecule has 1 saturated heterocycles. The Morgan fingerprint density at radius 1 is 1.03 bits per heavy atom. The van der Waals surface area contributed by atoms with Gasteiger partial charge in [-0.25, -0.2) is 4.79 Å². The average Bonchev–Trinajstić information content (AvgIpc) is 2.80. The molecule has 162 valence electrons. The van der Waals surface area contributed by atoms with Gasteiger partial charge in [0.15, 0.2) is 11.5 Å². The summed E-state index contributed by atoms with van der Waals surface area (Å²) in [5, 5.41) is 5.97. The van der Waals surface area contributed by atoms with Gasteiger partial charge in [-0.05, 0) is 29.7 Å². The molecule has 1 heterocycles. The first kappa shape index (κ1) is 21.9. The van der Waals surface area contributed by atoms with Crippen molar-refractivity contribution in [2.75, 3.05) is 53.6 Å². The van der Waals surface area contributed by atoms with Gasteiger partial charge < -0.3 is 24.8 Å². The number of morpholine rings is 1. The Balaban J connectivity index is 1.60. The standard InChI is InChI=1S/C23H31N3O4/c1-28-21-9-8-19(16-22(21)29-2)20(26-12-14-30-15-13-26)17-25-23(27)24-11-10-18-6-4-3-5-7-18/h3-9,16,20H,10-15,17H2,1-2H3,(H2,24,25,27)/t20-/m1/s1. The third-order valence-corrected chi connectivity index (χ3v) is 5.28. The van der Waals surface area contributed by atoms with Gasteiger partial charge in [0.2, 0.25) is 0 Å². The van der Waals surface area contributed by atoms with Crippen LogP contribution in [0.3, 0.4) is 0 Å². The summed E-state index contributed by atoms with van der Waals surface area (Å²) in [4.78, 5) is 14.7. The maximum atomic E-state index is 12.4. The van der Waals surface area contributed by atoms with Crippen molar-refractivity contribution in [1.29, 1.82) is 0 Å². The smallest absolute Gasteiger partial charge is 0.314 e. The Morgan fingerprint density at radius 2 is 1.77 bits per heavy atom. The molecule has 0 saturated carbocycles. The van der Waals surface area contributed by atoms with Crippen molar-refractivity contribution < 1.29 is 19.0 Å². The molecule has 7 nitrogen and oxygen atoms in total. The van der Waals surface area contributed by atoms with Crippen LogP contribution >= 0.6 is 0 Å². The third-order valence-electron chi connectivity index (χ3n) is 5.28. The summed E-state index contributed by atoms with van der Waals surface area (Å²) in [5.74, 6) is 1.37.